The van der Waals surface area contributed by atoms with Crippen molar-refractivity contribution in [1.82, 2.24) is 25.0 Å². The van der Waals surface area contributed by atoms with Crippen LogP contribution in [0.4, 0.5) is 5.82 Å². The Morgan fingerprint density at radius 1 is 1.16 bits per heavy atom. The van der Waals surface area contributed by atoms with Crippen molar-refractivity contribution in [3.05, 3.63) is 48.2 Å². The van der Waals surface area contributed by atoms with E-state index in [4.69, 9.17) is 18.1 Å². The van der Waals surface area contributed by atoms with Gasteiger partial charge < -0.3 is 20.3 Å². The average Bonchev–Trinajstić information content (AvgIpc) is 3.27. The standard InChI is InChI=1S/C21H19BN6O3/c1-3-28(2)20(30)18(29)16-10-15(27-31-16)12-6-4-5-11(9-12)13-7-8-14-17(24-13)19(23)26-21(22)25-14/h4-10,18,29H,3H2,1-2H3,(H2,23,25,26)/t18-/m1/s1. The fourth-order valence-corrected chi connectivity index (χ4v) is 3.09. The molecule has 10 heteroatoms. The van der Waals surface area contributed by atoms with Crippen molar-refractivity contribution in [3.8, 4) is 22.5 Å². The Hall–Kier alpha value is -3.79. The number of aliphatic hydroxyl groups excluding tert-OH is 1. The van der Waals surface area contributed by atoms with E-state index in [1.807, 2.05) is 37.3 Å². The Morgan fingerprint density at radius 2 is 1.90 bits per heavy atom. The van der Waals surface area contributed by atoms with E-state index >= 15 is 0 Å². The molecule has 0 aliphatic rings. The Bertz CT molecular complexity index is 1280. The van der Waals surface area contributed by atoms with Gasteiger partial charge in [-0.2, -0.15) is 0 Å². The summed E-state index contributed by atoms with van der Waals surface area (Å²) < 4.78 is 5.22. The van der Waals surface area contributed by atoms with Crippen LogP contribution in [0, 0.1) is 0 Å². The van der Waals surface area contributed by atoms with Gasteiger partial charge in [-0.25, -0.2) is 15.0 Å². The summed E-state index contributed by atoms with van der Waals surface area (Å²) >= 11 is 0. The van der Waals surface area contributed by atoms with Crippen molar-refractivity contribution in [2.24, 2.45) is 0 Å². The number of benzene rings is 1. The van der Waals surface area contributed by atoms with Gasteiger partial charge in [0.05, 0.1) is 16.9 Å². The van der Waals surface area contributed by atoms with Crippen LogP contribution >= 0.6 is 0 Å². The van der Waals surface area contributed by atoms with Gasteiger partial charge in [0, 0.05) is 30.8 Å². The highest BCUT2D eigenvalue weighted by molar-refractivity contribution is 6.29. The molecule has 0 bridgehead atoms. The van der Waals surface area contributed by atoms with Crippen LogP contribution < -0.4 is 11.5 Å². The molecule has 31 heavy (non-hydrogen) atoms. The summed E-state index contributed by atoms with van der Waals surface area (Å²) in [5, 5.41) is 14.3. The average molecular weight is 414 g/mol. The van der Waals surface area contributed by atoms with Crippen LogP contribution in [-0.4, -0.2) is 57.5 Å². The third-order valence-electron chi connectivity index (χ3n) is 4.92. The maximum Gasteiger partial charge on any atom is 0.259 e. The second-order valence-electron chi connectivity index (χ2n) is 6.98. The van der Waals surface area contributed by atoms with Crippen molar-refractivity contribution >= 4 is 36.3 Å². The monoisotopic (exact) mass is 414 g/mol. The molecule has 9 nitrogen and oxygen atoms in total. The molecule has 4 aromatic rings. The molecule has 0 unspecified atom stereocenters. The third-order valence-corrected chi connectivity index (χ3v) is 4.92. The molecule has 0 fully saturated rings. The number of pyridine rings is 1. The van der Waals surface area contributed by atoms with Crippen LogP contribution in [0.5, 0.6) is 0 Å². The van der Waals surface area contributed by atoms with Gasteiger partial charge in [-0.15, -0.1) is 0 Å². The molecule has 3 N–H and O–H groups in total. The van der Waals surface area contributed by atoms with Crippen molar-refractivity contribution in [2.75, 3.05) is 19.3 Å². The quantitative estimate of drug-likeness (QED) is 0.467. The van der Waals surface area contributed by atoms with Gasteiger partial charge in [0.1, 0.15) is 11.2 Å². The number of carbonyl (C=O) groups excluding carboxylic acids is 1. The summed E-state index contributed by atoms with van der Waals surface area (Å²) in [5.74, 6) is -0.172. The van der Waals surface area contributed by atoms with Gasteiger partial charge in [0.25, 0.3) is 5.91 Å². The molecule has 154 valence electrons. The molecule has 0 saturated carbocycles. The minimum Gasteiger partial charge on any atom is -0.382 e. The molecule has 2 radical (unpaired) electrons. The Labute approximate surface area is 179 Å². The number of fused-ring (bicyclic) bond motifs is 1. The minimum atomic E-state index is -1.41. The van der Waals surface area contributed by atoms with E-state index in [2.05, 4.69) is 20.1 Å². The molecule has 3 aromatic heterocycles. The van der Waals surface area contributed by atoms with Gasteiger partial charge in [-0.3, -0.25) is 4.79 Å². The van der Waals surface area contributed by atoms with Crippen molar-refractivity contribution in [1.29, 1.82) is 0 Å². The summed E-state index contributed by atoms with van der Waals surface area (Å²) in [6.45, 7) is 2.29. The number of aliphatic hydroxyl groups is 1. The topological polar surface area (TPSA) is 131 Å². The second-order valence-corrected chi connectivity index (χ2v) is 6.98. The number of likely N-dealkylation sites (N-methyl/N-ethyl adjacent to an activating group) is 1. The molecule has 0 saturated heterocycles. The number of nitrogen functional groups attached to an aromatic ring is 1. The molecule has 0 spiro atoms. The lowest BCUT2D eigenvalue weighted by atomic mass is 10.0. The zero-order valence-corrected chi connectivity index (χ0v) is 17.0. The van der Waals surface area contributed by atoms with Crippen LogP contribution in [-0.2, 0) is 4.79 Å². The smallest absolute Gasteiger partial charge is 0.259 e. The van der Waals surface area contributed by atoms with E-state index in [0.717, 1.165) is 11.1 Å². The molecular formula is C21H19BN6O3. The van der Waals surface area contributed by atoms with Gasteiger partial charge in [-0.05, 0) is 25.1 Å². The van der Waals surface area contributed by atoms with E-state index in [1.165, 1.54) is 4.90 Å². The van der Waals surface area contributed by atoms with Crippen LogP contribution in [0.2, 0.25) is 0 Å². The predicted molar refractivity (Wildman–Crippen MR) is 116 cm³/mol. The summed E-state index contributed by atoms with van der Waals surface area (Å²) in [7, 11) is 7.24. The number of hydrogen-bond acceptors (Lipinski definition) is 8. The number of aromatic nitrogens is 4. The van der Waals surface area contributed by atoms with Gasteiger partial charge in [-0.1, -0.05) is 23.4 Å². The molecule has 1 atom stereocenters. The Balaban J connectivity index is 1.66. The first-order valence-electron chi connectivity index (χ1n) is 9.57. The highest BCUT2D eigenvalue weighted by Gasteiger charge is 2.25. The normalized spacial score (nSPS) is 12.1. The SMILES string of the molecule is [B]c1nc(N)c2nc(-c3cccc(-c4cc([C@@H](O)C(=O)N(C)CC)on4)c3)ccc2n1. The largest absolute Gasteiger partial charge is 0.382 e. The highest BCUT2D eigenvalue weighted by atomic mass is 16.5. The first kappa shape index (κ1) is 20.5. The van der Waals surface area contributed by atoms with Crippen LogP contribution in [0.1, 0.15) is 18.8 Å². The first-order chi connectivity index (χ1) is 14.9. The summed E-state index contributed by atoms with van der Waals surface area (Å²) in [4.78, 5) is 26.2. The van der Waals surface area contributed by atoms with Gasteiger partial charge >= 0.3 is 0 Å². The number of hydrogen-bond donors (Lipinski definition) is 2. The van der Waals surface area contributed by atoms with Gasteiger partial charge in [0.2, 0.25) is 0 Å². The van der Waals surface area contributed by atoms with Crippen molar-refractivity contribution < 1.29 is 14.4 Å². The number of anilines is 1. The van der Waals surface area contributed by atoms with Crippen molar-refractivity contribution in [3.63, 3.8) is 0 Å². The number of amides is 1. The van der Waals surface area contributed by atoms with E-state index < -0.39 is 12.0 Å². The zero-order valence-electron chi connectivity index (χ0n) is 17.0. The number of carbonyl (C=O) groups is 1. The number of nitrogens with two attached hydrogens (primary N) is 1. The molecule has 0 aliphatic carbocycles. The first-order valence-corrected chi connectivity index (χ1v) is 9.57. The maximum absolute atomic E-state index is 12.2. The minimum absolute atomic E-state index is 0.0806. The third kappa shape index (κ3) is 3.97. The zero-order chi connectivity index (χ0) is 22.1. The Morgan fingerprint density at radius 3 is 2.65 bits per heavy atom. The van der Waals surface area contributed by atoms with E-state index in [9.17, 15) is 9.90 Å². The fourth-order valence-electron chi connectivity index (χ4n) is 3.09. The second kappa shape index (κ2) is 8.15. The van der Waals surface area contributed by atoms with Crippen molar-refractivity contribution in [2.45, 2.75) is 13.0 Å². The van der Waals surface area contributed by atoms with E-state index in [0.29, 0.717) is 29.0 Å². The lowest BCUT2D eigenvalue weighted by molar-refractivity contribution is -0.139. The molecule has 1 aromatic carbocycles. The fraction of sp³-hybridized carbons (Fsp3) is 0.190. The summed E-state index contributed by atoms with van der Waals surface area (Å²) in [5.41, 5.74) is 9.74. The predicted octanol–water partition coefficient (Wildman–Crippen LogP) is 1.23. The molecule has 0 aliphatic heterocycles. The van der Waals surface area contributed by atoms with E-state index in [1.54, 1.807) is 19.2 Å². The molecule has 1 amide bonds. The summed E-state index contributed by atoms with van der Waals surface area (Å²) in [6.07, 6.45) is -1.41. The molecule has 4 rings (SSSR count). The Kier molecular flexibility index (Phi) is 5.39. The lowest BCUT2D eigenvalue weighted by Gasteiger charge is -2.16. The maximum atomic E-state index is 12.2. The number of rotatable bonds is 5. The number of nitrogens with zero attached hydrogens (tertiary/aromatic N) is 5. The highest BCUT2D eigenvalue weighted by Crippen LogP contribution is 2.28. The lowest BCUT2D eigenvalue weighted by Crippen LogP contribution is -2.31. The molecule has 3 heterocycles. The van der Waals surface area contributed by atoms with Gasteiger partial charge in [0.15, 0.2) is 25.5 Å². The van der Waals surface area contributed by atoms with E-state index in [-0.39, 0.29) is 17.3 Å². The van der Waals surface area contributed by atoms with Crippen LogP contribution in [0.3, 0.4) is 0 Å². The van der Waals surface area contributed by atoms with Crippen LogP contribution in [0.25, 0.3) is 33.5 Å². The van der Waals surface area contributed by atoms with Crippen LogP contribution in [0.15, 0.2) is 47.0 Å². The molecular weight excluding hydrogens is 395 g/mol. The summed E-state index contributed by atoms with van der Waals surface area (Å²) in [6, 6.07) is 12.6.